The first-order valence-electron chi connectivity index (χ1n) is 8.58. The molecule has 23 heavy (non-hydrogen) atoms. The highest BCUT2D eigenvalue weighted by molar-refractivity contribution is 5.46. The molecule has 4 heteroatoms. The molecule has 1 heterocycles. The number of anilines is 1. The lowest BCUT2D eigenvalue weighted by molar-refractivity contribution is 0.537. The fourth-order valence-electron chi connectivity index (χ4n) is 3.46. The summed E-state index contributed by atoms with van der Waals surface area (Å²) in [6.07, 6.45) is 3.34. The van der Waals surface area contributed by atoms with Crippen LogP contribution in [0.1, 0.15) is 61.2 Å². The molecule has 1 aromatic carbocycles. The number of fused-ring (bicyclic) bond motifs is 1. The summed E-state index contributed by atoms with van der Waals surface area (Å²) >= 11 is 0. The highest BCUT2D eigenvalue weighted by Crippen LogP contribution is 2.34. The number of aromatic nitrogens is 2. The van der Waals surface area contributed by atoms with Crippen LogP contribution in [-0.4, -0.2) is 23.9 Å². The van der Waals surface area contributed by atoms with Crippen molar-refractivity contribution in [2.75, 3.05) is 19.0 Å². The van der Waals surface area contributed by atoms with Crippen LogP contribution in [0.4, 0.5) is 5.69 Å². The van der Waals surface area contributed by atoms with Crippen molar-refractivity contribution in [2.24, 2.45) is 5.73 Å². The van der Waals surface area contributed by atoms with Gasteiger partial charge in [-0.1, -0.05) is 26.0 Å². The zero-order valence-corrected chi connectivity index (χ0v) is 14.7. The Hall–Kier alpha value is -1.81. The van der Waals surface area contributed by atoms with Crippen LogP contribution in [0, 0.1) is 0 Å². The van der Waals surface area contributed by atoms with Gasteiger partial charge in [-0.05, 0) is 42.9 Å². The average molecular weight is 312 g/mol. The molecule has 1 aliphatic rings. The topological polar surface area (TPSA) is 47.1 Å². The predicted octanol–water partition coefficient (Wildman–Crippen LogP) is 3.46. The number of rotatable bonds is 4. The van der Waals surface area contributed by atoms with Crippen LogP contribution in [0.3, 0.4) is 0 Å². The molecule has 0 fully saturated rings. The Balaban J connectivity index is 1.92. The van der Waals surface area contributed by atoms with Crippen LogP contribution >= 0.6 is 0 Å². The molecular weight excluding hydrogens is 284 g/mol. The zero-order chi connectivity index (χ0) is 16.6. The van der Waals surface area contributed by atoms with Gasteiger partial charge in [0.2, 0.25) is 0 Å². The Kier molecular flexibility index (Phi) is 4.44. The van der Waals surface area contributed by atoms with E-state index in [4.69, 9.17) is 10.8 Å². The number of hydrogen-bond donors (Lipinski definition) is 1. The first kappa shape index (κ1) is 16.1. The highest BCUT2D eigenvalue weighted by Gasteiger charge is 2.27. The van der Waals surface area contributed by atoms with Gasteiger partial charge in [-0.2, -0.15) is 5.10 Å². The largest absolute Gasteiger partial charge is 0.378 e. The summed E-state index contributed by atoms with van der Waals surface area (Å²) < 4.78 is 2.19. The van der Waals surface area contributed by atoms with E-state index in [1.54, 1.807) is 0 Å². The molecule has 1 aromatic heterocycles. The normalized spacial score (nSPS) is 17.4. The van der Waals surface area contributed by atoms with Crippen molar-refractivity contribution in [1.29, 1.82) is 0 Å². The third-order valence-electron chi connectivity index (χ3n) is 4.76. The smallest absolute Gasteiger partial charge is 0.0700 e. The number of nitrogens with two attached hydrogens (primary N) is 1. The van der Waals surface area contributed by atoms with Crippen molar-refractivity contribution in [1.82, 2.24) is 9.78 Å². The third kappa shape index (κ3) is 3.13. The fourth-order valence-corrected chi connectivity index (χ4v) is 3.46. The number of hydrogen-bond acceptors (Lipinski definition) is 3. The molecule has 0 aliphatic heterocycles. The summed E-state index contributed by atoms with van der Waals surface area (Å²) in [6.45, 7) is 5.25. The predicted molar refractivity (Wildman–Crippen MR) is 96.1 cm³/mol. The van der Waals surface area contributed by atoms with Crippen LogP contribution in [0.25, 0.3) is 0 Å². The Bertz CT molecular complexity index is 667. The molecule has 124 valence electrons. The van der Waals surface area contributed by atoms with Crippen LogP contribution in [0.5, 0.6) is 0 Å². The van der Waals surface area contributed by atoms with E-state index in [0.29, 0.717) is 5.92 Å². The minimum absolute atomic E-state index is 0.154. The molecule has 0 saturated heterocycles. The lowest BCUT2D eigenvalue weighted by Crippen LogP contribution is -2.19. The second kappa shape index (κ2) is 6.36. The molecule has 0 spiro atoms. The maximum Gasteiger partial charge on any atom is 0.0700 e. The molecule has 1 atom stereocenters. The van der Waals surface area contributed by atoms with E-state index < -0.39 is 0 Å². The summed E-state index contributed by atoms with van der Waals surface area (Å²) in [7, 11) is 4.13. The van der Waals surface area contributed by atoms with Gasteiger partial charge >= 0.3 is 0 Å². The van der Waals surface area contributed by atoms with Gasteiger partial charge in [-0.25, -0.2) is 0 Å². The van der Waals surface area contributed by atoms with E-state index in [1.807, 2.05) is 0 Å². The summed E-state index contributed by atoms with van der Waals surface area (Å²) in [5, 5.41) is 4.92. The second-order valence-electron chi connectivity index (χ2n) is 7.12. The molecule has 1 aliphatic carbocycles. The van der Waals surface area contributed by atoms with Crippen LogP contribution in [0.15, 0.2) is 24.3 Å². The molecule has 1 unspecified atom stereocenters. The molecule has 0 bridgehead atoms. The van der Waals surface area contributed by atoms with Crippen molar-refractivity contribution in [3.05, 3.63) is 46.8 Å². The number of nitrogens with zero attached hydrogens (tertiary/aromatic N) is 3. The van der Waals surface area contributed by atoms with Crippen molar-refractivity contribution in [2.45, 2.75) is 51.6 Å². The highest BCUT2D eigenvalue weighted by atomic mass is 15.3. The molecule has 0 saturated carbocycles. The van der Waals surface area contributed by atoms with E-state index in [9.17, 15) is 0 Å². The van der Waals surface area contributed by atoms with Gasteiger partial charge < -0.3 is 10.6 Å². The van der Waals surface area contributed by atoms with E-state index in [2.05, 4.69) is 61.8 Å². The Morgan fingerprint density at radius 2 is 1.96 bits per heavy atom. The fraction of sp³-hybridized carbons (Fsp3) is 0.526. The second-order valence-corrected chi connectivity index (χ2v) is 7.12. The molecule has 0 amide bonds. The van der Waals surface area contributed by atoms with E-state index in [0.717, 1.165) is 25.8 Å². The number of benzene rings is 1. The molecule has 2 aromatic rings. The van der Waals surface area contributed by atoms with Gasteiger partial charge in [0, 0.05) is 37.1 Å². The SMILES string of the molecule is CC(C)c1nn(Cc2ccc(N(C)C)cc2)c2c1C(N)CCC2. The monoisotopic (exact) mass is 312 g/mol. The zero-order valence-electron chi connectivity index (χ0n) is 14.7. The minimum atomic E-state index is 0.154. The van der Waals surface area contributed by atoms with Crippen LogP contribution < -0.4 is 10.6 Å². The molecule has 3 rings (SSSR count). The quantitative estimate of drug-likeness (QED) is 0.940. The maximum absolute atomic E-state index is 6.39. The maximum atomic E-state index is 6.39. The van der Waals surface area contributed by atoms with Gasteiger partial charge in [0.15, 0.2) is 0 Å². The molecule has 2 N–H and O–H groups in total. The van der Waals surface area contributed by atoms with Crippen molar-refractivity contribution >= 4 is 5.69 Å². The van der Waals surface area contributed by atoms with E-state index in [1.165, 1.54) is 28.2 Å². The van der Waals surface area contributed by atoms with Crippen molar-refractivity contribution < 1.29 is 0 Å². The summed E-state index contributed by atoms with van der Waals surface area (Å²) in [5.41, 5.74) is 12.8. The van der Waals surface area contributed by atoms with Crippen molar-refractivity contribution in [3.63, 3.8) is 0 Å². The summed E-state index contributed by atoms with van der Waals surface area (Å²) in [4.78, 5) is 2.12. The lowest BCUT2D eigenvalue weighted by atomic mass is 9.89. The summed E-state index contributed by atoms with van der Waals surface area (Å²) in [6, 6.07) is 8.88. The first-order chi connectivity index (χ1) is 11.0. The van der Waals surface area contributed by atoms with Crippen LogP contribution in [0.2, 0.25) is 0 Å². The lowest BCUT2D eigenvalue weighted by Gasteiger charge is -2.21. The Morgan fingerprint density at radius 3 is 2.57 bits per heavy atom. The third-order valence-corrected chi connectivity index (χ3v) is 4.76. The van der Waals surface area contributed by atoms with Gasteiger partial charge in [-0.15, -0.1) is 0 Å². The van der Waals surface area contributed by atoms with Gasteiger partial charge in [-0.3, -0.25) is 4.68 Å². The van der Waals surface area contributed by atoms with Gasteiger partial charge in [0.25, 0.3) is 0 Å². The molecule has 4 nitrogen and oxygen atoms in total. The summed E-state index contributed by atoms with van der Waals surface area (Å²) in [5.74, 6) is 0.422. The minimum Gasteiger partial charge on any atom is -0.378 e. The van der Waals surface area contributed by atoms with E-state index in [-0.39, 0.29) is 6.04 Å². The molecule has 0 radical (unpaired) electrons. The van der Waals surface area contributed by atoms with Crippen molar-refractivity contribution in [3.8, 4) is 0 Å². The average Bonchev–Trinajstić information content (AvgIpc) is 2.88. The molecular formula is C19H28N4. The van der Waals surface area contributed by atoms with Gasteiger partial charge in [0.1, 0.15) is 0 Å². The Labute approximate surface area is 139 Å². The van der Waals surface area contributed by atoms with E-state index >= 15 is 0 Å². The first-order valence-corrected chi connectivity index (χ1v) is 8.58. The van der Waals surface area contributed by atoms with Crippen LogP contribution in [-0.2, 0) is 13.0 Å². The van der Waals surface area contributed by atoms with Gasteiger partial charge in [0.05, 0.1) is 12.2 Å². The Morgan fingerprint density at radius 1 is 1.26 bits per heavy atom. The standard InChI is InChI=1S/C19H28N4/c1-13(2)19-18-16(20)6-5-7-17(18)23(21-19)12-14-8-10-15(11-9-14)22(3)4/h8-11,13,16H,5-7,12,20H2,1-4H3.